The van der Waals surface area contributed by atoms with E-state index in [4.69, 9.17) is 0 Å². The molecule has 0 aliphatic carbocycles. The van der Waals surface area contributed by atoms with Crippen LogP contribution < -0.4 is 5.32 Å². The molecule has 0 bridgehead atoms. The van der Waals surface area contributed by atoms with Crippen molar-refractivity contribution in [2.45, 2.75) is 24.4 Å². The van der Waals surface area contributed by atoms with Gasteiger partial charge in [-0.25, -0.2) is 0 Å². The molecule has 0 aromatic heterocycles. The van der Waals surface area contributed by atoms with E-state index in [2.05, 4.69) is 9.71 Å². The van der Waals surface area contributed by atoms with Gasteiger partial charge < -0.3 is 5.32 Å². The fourth-order valence-electron chi connectivity index (χ4n) is 1.55. The minimum atomic E-state index is -4.51. The van der Waals surface area contributed by atoms with Gasteiger partial charge in [-0.05, 0) is 18.2 Å². The van der Waals surface area contributed by atoms with Crippen LogP contribution in [0.1, 0.15) is 18.9 Å². The number of nitrogens with zero attached hydrogens (tertiary/aromatic N) is 1. The summed E-state index contributed by atoms with van der Waals surface area (Å²) in [6.45, 7) is 1.65. The molecular weight excluding hydrogens is 269 g/mol. The van der Waals surface area contributed by atoms with Gasteiger partial charge in [0.1, 0.15) is 10.7 Å². The average molecular weight is 278 g/mol. The van der Waals surface area contributed by atoms with E-state index in [0.29, 0.717) is 0 Å². The molecule has 0 unspecified atom stereocenters. The molecule has 0 radical (unpaired) electrons. The molecular formula is C10H9F3N2O2S. The lowest BCUT2D eigenvalue weighted by molar-refractivity contribution is -0.137. The first-order valence-electron chi connectivity index (χ1n) is 5.06. The lowest BCUT2D eigenvalue weighted by atomic mass is 10.2. The highest BCUT2D eigenvalue weighted by Gasteiger charge is 2.33. The van der Waals surface area contributed by atoms with Crippen molar-refractivity contribution < 1.29 is 21.6 Å². The quantitative estimate of drug-likeness (QED) is 0.859. The van der Waals surface area contributed by atoms with Crippen LogP contribution >= 0.6 is 0 Å². The Hall–Kier alpha value is -1.57. The number of anilines is 1. The first-order valence-corrected chi connectivity index (χ1v) is 6.50. The van der Waals surface area contributed by atoms with Crippen molar-refractivity contribution in [3.8, 4) is 0 Å². The summed E-state index contributed by atoms with van der Waals surface area (Å²) < 4.78 is 64.4. The Morgan fingerprint density at radius 1 is 1.33 bits per heavy atom. The number of nitrogens with one attached hydrogen (secondary N) is 1. The minimum absolute atomic E-state index is 0.0864. The van der Waals surface area contributed by atoms with Crippen LogP contribution in [-0.2, 0) is 16.2 Å². The predicted molar refractivity (Wildman–Crippen MR) is 60.0 cm³/mol. The summed E-state index contributed by atoms with van der Waals surface area (Å²) in [6, 6.07) is 2.41. The van der Waals surface area contributed by atoms with Crippen LogP contribution in [0.5, 0.6) is 0 Å². The van der Waals surface area contributed by atoms with Crippen LogP contribution in [0.4, 0.5) is 18.9 Å². The Morgan fingerprint density at radius 2 is 2.00 bits per heavy atom. The highest BCUT2D eigenvalue weighted by atomic mass is 32.2. The molecule has 8 heteroatoms. The zero-order chi connectivity index (χ0) is 13.6. The van der Waals surface area contributed by atoms with Gasteiger partial charge in [0, 0.05) is 6.42 Å². The number of fused-ring (bicyclic) bond motifs is 1. The Bertz CT molecular complexity index is 621. The standard InChI is InChI=1S/C10H9F3N2O2S/c1-2-9-14-7-5-6(10(11,12)13)3-4-8(7)18(16,17)15-9/h3-5H,2H2,1H3,(H,14,15). The molecule has 98 valence electrons. The van der Waals surface area contributed by atoms with Crippen molar-refractivity contribution in [2.24, 2.45) is 4.40 Å². The maximum Gasteiger partial charge on any atom is 0.416 e. The van der Waals surface area contributed by atoms with E-state index in [1.165, 1.54) is 0 Å². The zero-order valence-corrected chi connectivity index (χ0v) is 10.1. The second kappa shape index (κ2) is 3.98. The number of halogens is 3. The second-order valence-corrected chi connectivity index (χ2v) is 5.27. The van der Waals surface area contributed by atoms with E-state index in [9.17, 15) is 21.6 Å². The molecule has 0 saturated heterocycles. The lowest BCUT2D eigenvalue weighted by Gasteiger charge is -2.18. The van der Waals surface area contributed by atoms with Gasteiger partial charge in [0.25, 0.3) is 10.0 Å². The van der Waals surface area contributed by atoms with E-state index in [-0.39, 0.29) is 22.8 Å². The number of hydrogen-bond donors (Lipinski definition) is 1. The predicted octanol–water partition coefficient (Wildman–Crippen LogP) is 2.63. The van der Waals surface area contributed by atoms with Crippen LogP contribution in [0.15, 0.2) is 27.5 Å². The molecule has 1 aliphatic heterocycles. The fraction of sp³-hybridized carbons (Fsp3) is 0.300. The number of alkyl halides is 3. The summed E-state index contributed by atoms with van der Waals surface area (Å²) in [5.74, 6) is 0.127. The number of benzene rings is 1. The van der Waals surface area contributed by atoms with E-state index in [1.54, 1.807) is 6.92 Å². The Balaban J connectivity index is 2.58. The van der Waals surface area contributed by atoms with Gasteiger partial charge >= 0.3 is 6.18 Å². The number of hydrogen-bond acceptors (Lipinski definition) is 3. The fourth-order valence-corrected chi connectivity index (χ4v) is 2.75. The average Bonchev–Trinajstić information content (AvgIpc) is 2.26. The van der Waals surface area contributed by atoms with Gasteiger partial charge in [0.05, 0.1) is 11.3 Å². The molecule has 0 fully saturated rings. The SMILES string of the molecule is CCC1=NS(=O)(=O)c2ccc(C(F)(F)F)cc2N1. The van der Waals surface area contributed by atoms with Gasteiger partial charge in [-0.15, -0.1) is 4.40 Å². The minimum Gasteiger partial charge on any atom is -0.342 e. The molecule has 1 aromatic carbocycles. The molecule has 1 heterocycles. The monoisotopic (exact) mass is 278 g/mol. The molecule has 0 atom stereocenters. The highest BCUT2D eigenvalue weighted by Crippen LogP contribution is 2.35. The summed E-state index contributed by atoms with van der Waals surface area (Å²) in [5, 5.41) is 2.59. The molecule has 0 saturated carbocycles. The first kappa shape index (κ1) is 12.9. The summed E-state index contributed by atoms with van der Waals surface area (Å²) in [7, 11) is -3.91. The van der Waals surface area contributed by atoms with E-state index in [0.717, 1.165) is 18.2 Å². The van der Waals surface area contributed by atoms with Crippen LogP contribution in [0.2, 0.25) is 0 Å². The van der Waals surface area contributed by atoms with E-state index >= 15 is 0 Å². The highest BCUT2D eigenvalue weighted by molar-refractivity contribution is 7.90. The van der Waals surface area contributed by atoms with Gasteiger partial charge in [-0.3, -0.25) is 0 Å². The third kappa shape index (κ3) is 2.20. The van der Waals surface area contributed by atoms with Gasteiger partial charge in [0.15, 0.2) is 0 Å². The third-order valence-corrected chi connectivity index (χ3v) is 3.80. The molecule has 2 rings (SSSR count). The largest absolute Gasteiger partial charge is 0.416 e. The van der Waals surface area contributed by atoms with Crippen molar-refractivity contribution in [3.63, 3.8) is 0 Å². The van der Waals surface area contributed by atoms with Crippen molar-refractivity contribution in [1.82, 2.24) is 0 Å². The maximum absolute atomic E-state index is 12.5. The Morgan fingerprint density at radius 3 is 2.56 bits per heavy atom. The molecule has 0 spiro atoms. The van der Waals surface area contributed by atoms with E-state index < -0.39 is 21.8 Å². The number of amidine groups is 1. The molecule has 18 heavy (non-hydrogen) atoms. The molecule has 4 nitrogen and oxygen atoms in total. The van der Waals surface area contributed by atoms with Crippen molar-refractivity contribution in [3.05, 3.63) is 23.8 Å². The van der Waals surface area contributed by atoms with Crippen LogP contribution in [0.3, 0.4) is 0 Å². The van der Waals surface area contributed by atoms with Crippen molar-refractivity contribution in [1.29, 1.82) is 0 Å². The summed E-state index contributed by atoms with van der Waals surface area (Å²) >= 11 is 0. The summed E-state index contributed by atoms with van der Waals surface area (Å²) in [5.41, 5.74) is -0.988. The summed E-state index contributed by atoms with van der Waals surface area (Å²) in [6.07, 6.45) is -4.23. The van der Waals surface area contributed by atoms with Crippen molar-refractivity contribution in [2.75, 3.05) is 5.32 Å². The van der Waals surface area contributed by atoms with Gasteiger partial charge in [-0.1, -0.05) is 6.92 Å². The summed E-state index contributed by atoms with van der Waals surface area (Å²) in [4.78, 5) is -0.243. The van der Waals surface area contributed by atoms with Crippen LogP contribution in [-0.4, -0.2) is 14.3 Å². The van der Waals surface area contributed by atoms with E-state index in [1.807, 2.05) is 0 Å². The molecule has 1 aliphatic rings. The normalized spacial score (nSPS) is 17.7. The molecule has 0 amide bonds. The topological polar surface area (TPSA) is 58.5 Å². The lowest BCUT2D eigenvalue weighted by Crippen LogP contribution is -2.21. The number of sulfonamides is 1. The molecule has 1 aromatic rings. The zero-order valence-electron chi connectivity index (χ0n) is 9.25. The Kier molecular flexibility index (Phi) is 2.84. The third-order valence-electron chi connectivity index (χ3n) is 2.43. The number of rotatable bonds is 1. The Labute approximate surface area is 102 Å². The molecule has 1 N–H and O–H groups in total. The van der Waals surface area contributed by atoms with Crippen LogP contribution in [0, 0.1) is 0 Å². The first-order chi connectivity index (χ1) is 8.24. The van der Waals surface area contributed by atoms with Crippen LogP contribution in [0.25, 0.3) is 0 Å². The van der Waals surface area contributed by atoms with Crippen molar-refractivity contribution >= 4 is 21.5 Å². The smallest absolute Gasteiger partial charge is 0.342 e. The van der Waals surface area contributed by atoms with Gasteiger partial charge in [0.2, 0.25) is 0 Å². The second-order valence-electron chi connectivity index (χ2n) is 3.70. The van der Waals surface area contributed by atoms with Gasteiger partial charge in [-0.2, -0.15) is 21.6 Å². The maximum atomic E-state index is 12.5.